The van der Waals surface area contributed by atoms with E-state index in [1.54, 1.807) is 30.2 Å². The minimum atomic E-state index is -0.596. The predicted octanol–water partition coefficient (Wildman–Crippen LogP) is 2.75. The van der Waals surface area contributed by atoms with Crippen molar-refractivity contribution in [3.63, 3.8) is 0 Å². The summed E-state index contributed by atoms with van der Waals surface area (Å²) in [4.78, 5) is 31.1. The summed E-state index contributed by atoms with van der Waals surface area (Å²) in [7, 11) is 0. The molecule has 5 rings (SSSR count). The van der Waals surface area contributed by atoms with Crippen molar-refractivity contribution in [1.82, 2.24) is 29.4 Å². The van der Waals surface area contributed by atoms with Gasteiger partial charge in [-0.3, -0.25) is 4.79 Å². The van der Waals surface area contributed by atoms with E-state index in [1.165, 1.54) is 18.5 Å². The second-order valence-corrected chi connectivity index (χ2v) is 9.11. The highest BCUT2D eigenvalue weighted by Crippen LogP contribution is 2.43. The molecular weight excluding hydrogens is 451 g/mol. The summed E-state index contributed by atoms with van der Waals surface area (Å²) in [6, 6.07) is 6.39. The fourth-order valence-electron chi connectivity index (χ4n) is 4.69. The van der Waals surface area contributed by atoms with Crippen molar-refractivity contribution in [3.05, 3.63) is 54.0 Å². The number of amides is 1. The third kappa shape index (κ3) is 3.83. The average Bonchev–Trinajstić information content (AvgIpc) is 3.16. The number of nitrogens with zero attached hydrogens (tertiary/aromatic N) is 6. The SMILES string of the molecule is Cc1ccnc(Oc2ccc(-c3c4n(c5ncnc(N)c35)C(C)(C)CN(C(=O)CN)C4)cc2F)n1. The first-order valence-electron chi connectivity index (χ1n) is 11.1. The van der Waals surface area contributed by atoms with Crippen molar-refractivity contribution in [3.8, 4) is 22.9 Å². The van der Waals surface area contributed by atoms with Gasteiger partial charge in [-0.05, 0) is 44.5 Å². The number of nitrogen functional groups attached to an aromatic ring is 1. The van der Waals surface area contributed by atoms with Gasteiger partial charge in [0.2, 0.25) is 5.91 Å². The summed E-state index contributed by atoms with van der Waals surface area (Å²) in [5.41, 5.74) is 14.8. The smallest absolute Gasteiger partial charge is 0.322 e. The number of fused-ring (bicyclic) bond motifs is 3. The van der Waals surface area contributed by atoms with E-state index < -0.39 is 11.4 Å². The van der Waals surface area contributed by atoms with Crippen LogP contribution in [0.1, 0.15) is 25.2 Å². The first kappa shape index (κ1) is 22.7. The number of rotatable bonds is 4. The summed E-state index contributed by atoms with van der Waals surface area (Å²) < 4.78 is 22.9. The van der Waals surface area contributed by atoms with Crippen LogP contribution in [0.3, 0.4) is 0 Å². The summed E-state index contributed by atoms with van der Waals surface area (Å²) in [5.74, 6) is -0.511. The van der Waals surface area contributed by atoms with Gasteiger partial charge >= 0.3 is 6.01 Å². The molecule has 0 radical (unpaired) electrons. The zero-order valence-corrected chi connectivity index (χ0v) is 19.6. The molecule has 0 saturated carbocycles. The number of ether oxygens (including phenoxy) is 1. The third-order valence-corrected chi connectivity index (χ3v) is 6.12. The van der Waals surface area contributed by atoms with Crippen molar-refractivity contribution in [2.75, 3.05) is 18.8 Å². The van der Waals surface area contributed by atoms with Gasteiger partial charge < -0.3 is 25.7 Å². The Morgan fingerprint density at radius 3 is 2.74 bits per heavy atom. The topological polar surface area (TPSA) is 138 Å². The van der Waals surface area contributed by atoms with E-state index in [-0.39, 0.29) is 36.6 Å². The molecule has 11 heteroatoms. The van der Waals surface area contributed by atoms with Gasteiger partial charge in [0.05, 0.1) is 24.0 Å². The van der Waals surface area contributed by atoms with Crippen molar-refractivity contribution in [1.29, 1.82) is 0 Å². The van der Waals surface area contributed by atoms with Crippen LogP contribution in [0.5, 0.6) is 11.8 Å². The standard InChI is InChI=1S/C24H25FN8O2/c1-13-6-7-28-23(31-13)35-17-5-4-14(8-15(17)25)19-16-10-32(18(34)9-26)11-24(2,3)33(16)22-20(19)21(27)29-12-30-22/h4-8,12H,9-11,26H2,1-3H3,(H2,27,29,30). The number of aryl methyl sites for hydroxylation is 1. The quantitative estimate of drug-likeness (QED) is 0.459. The van der Waals surface area contributed by atoms with E-state index in [1.807, 2.05) is 13.8 Å². The molecule has 1 aliphatic heterocycles. The van der Waals surface area contributed by atoms with Gasteiger partial charge in [0.25, 0.3) is 0 Å². The highest BCUT2D eigenvalue weighted by atomic mass is 19.1. The van der Waals surface area contributed by atoms with E-state index in [0.717, 1.165) is 5.69 Å². The summed E-state index contributed by atoms with van der Waals surface area (Å²) in [6.07, 6.45) is 2.95. The Morgan fingerprint density at radius 1 is 1.23 bits per heavy atom. The van der Waals surface area contributed by atoms with Crippen LogP contribution in [0.2, 0.25) is 0 Å². The number of halogens is 1. The monoisotopic (exact) mass is 476 g/mol. The van der Waals surface area contributed by atoms with Crippen molar-refractivity contribution in [2.24, 2.45) is 5.73 Å². The Bertz CT molecular complexity index is 1470. The van der Waals surface area contributed by atoms with Crippen molar-refractivity contribution < 1.29 is 13.9 Å². The molecule has 3 aromatic heterocycles. The molecule has 0 saturated heterocycles. The molecule has 1 aromatic carbocycles. The Labute approximate surface area is 200 Å². The van der Waals surface area contributed by atoms with Gasteiger partial charge in [0, 0.05) is 29.7 Å². The molecule has 0 aliphatic carbocycles. The molecule has 0 atom stereocenters. The van der Waals surface area contributed by atoms with Gasteiger partial charge in [0.15, 0.2) is 11.6 Å². The number of carbonyl (C=O) groups excluding carboxylic acids is 1. The minimum Gasteiger partial charge on any atom is -0.421 e. The normalized spacial score (nSPS) is 14.7. The maximum absolute atomic E-state index is 15.2. The molecule has 4 N–H and O–H groups in total. The van der Waals surface area contributed by atoms with Crippen LogP contribution in [0.15, 0.2) is 36.8 Å². The first-order chi connectivity index (χ1) is 16.7. The van der Waals surface area contributed by atoms with E-state index in [9.17, 15) is 4.79 Å². The molecular formula is C24H25FN8O2. The molecule has 180 valence electrons. The Hall–Kier alpha value is -4.12. The predicted molar refractivity (Wildman–Crippen MR) is 128 cm³/mol. The van der Waals surface area contributed by atoms with E-state index in [2.05, 4.69) is 24.5 Å². The zero-order valence-electron chi connectivity index (χ0n) is 19.6. The second-order valence-electron chi connectivity index (χ2n) is 9.11. The number of anilines is 1. The van der Waals surface area contributed by atoms with Crippen molar-refractivity contribution >= 4 is 22.8 Å². The first-order valence-corrected chi connectivity index (χ1v) is 11.1. The maximum Gasteiger partial charge on any atom is 0.322 e. The molecule has 10 nitrogen and oxygen atoms in total. The second kappa shape index (κ2) is 8.27. The minimum absolute atomic E-state index is 0.0128. The molecule has 0 fully saturated rings. The maximum atomic E-state index is 15.2. The van der Waals surface area contributed by atoms with Crippen LogP contribution < -0.4 is 16.2 Å². The lowest BCUT2D eigenvalue weighted by atomic mass is 9.97. The van der Waals surface area contributed by atoms with Crippen LogP contribution in [0.25, 0.3) is 22.2 Å². The Balaban J connectivity index is 1.67. The fourth-order valence-corrected chi connectivity index (χ4v) is 4.69. The van der Waals surface area contributed by atoms with Crippen molar-refractivity contribution in [2.45, 2.75) is 32.9 Å². The van der Waals surface area contributed by atoms with E-state index in [0.29, 0.717) is 34.4 Å². The lowest BCUT2D eigenvalue weighted by Gasteiger charge is -2.41. The summed E-state index contributed by atoms with van der Waals surface area (Å²) in [6.45, 7) is 6.43. The lowest BCUT2D eigenvalue weighted by Crippen LogP contribution is -2.50. The molecule has 0 bridgehead atoms. The van der Waals surface area contributed by atoms with E-state index in [4.69, 9.17) is 16.2 Å². The van der Waals surface area contributed by atoms with Crippen LogP contribution in [-0.4, -0.2) is 48.4 Å². The molecule has 4 heterocycles. The highest BCUT2D eigenvalue weighted by molar-refractivity contribution is 6.03. The fraction of sp³-hybridized carbons (Fsp3) is 0.292. The number of carbonyl (C=O) groups is 1. The number of benzene rings is 1. The lowest BCUT2D eigenvalue weighted by molar-refractivity contribution is -0.132. The van der Waals surface area contributed by atoms with Crippen LogP contribution in [0, 0.1) is 12.7 Å². The molecule has 0 unspecified atom stereocenters. The number of nitrogens with two attached hydrogens (primary N) is 2. The zero-order chi connectivity index (χ0) is 24.9. The van der Waals surface area contributed by atoms with Gasteiger partial charge in [-0.25, -0.2) is 24.3 Å². The largest absolute Gasteiger partial charge is 0.421 e. The summed E-state index contributed by atoms with van der Waals surface area (Å²) >= 11 is 0. The van der Waals surface area contributed by atoms with Gasteiger partial charge in [-0.2, -0.15) is 0 Å². The molecule has 4 aromatic rings. The third-order valence-electron chi connectivity index (χ3n) is 6.12. The summed E-state index contributed by atoms with van der Waals surface area (Å²) in [5, 5.41) is 0.604. The van der Waals surface area contributed by atoms with Gasteiger partial charge in [0.1, 0.15) is 17.8 Å². The highest BCUT2D eigenvalue weighted by Gasteiger charge is 2.38. The van der Waals surface area contributed by atoms with Gasteiger partial charge in [-0.1, -0.05) is 6.07 Å². The number of hydrogen-bond acceptors (Lipinski definition) is 8. The van der Waals surface area contributed by atoms with Crippen LogP contribution in [-0.2, 0) is 16.9 Å². The number of hydrogen-bond donors (Lipinski definition) is 2. The average molecular weight is 477 g/mol. The van der Waals surface area contributed by atoms with Crippen LogP contribution in [0.4, 0.5) is 10.2 Å². The molecule has 1 aliphatic rings. The Kier molecular flexibility index (Phi) is 5.36. The van der Waals surface area contributed by atoms with E-state index >= 15 is 4.39 Å². The molecule has 1 amide bonds. The van der Waals surface area contributed by atoms with Crippen LogP contribution >= 0.6 is 0 Å². The molecule has 0 spiro atoms. The molecule has 35 heavy (non-hydrogen) atoms. The number of aromatic nitrogens is 5. The van der Waals surface area contributed by atoms with Gasteiger partial charge in [-0.15, -0.1) is 0 Å². The Morgan fingerprint density at radius 2 is 2.03 bits per heavy atom.